The van der Waals surface area contributed by atoms with Crippen LogP contribution >= 0.6 is 0 Å². The highest BCUT2D eigenvalue weighted by Crippen LogP contribution is 2.33. The molecule has 122 valence electrons. The van der Waals surface area contributed by atoms with Crippen molar-refractivity contribution >= 4 is 15.7 Å². The first-order chi connectivity index (χ1) is 11.0. The normalized spacial score (nSPS) is 18.9. The zero-order valence-electron chi connectivity index (χ0n) is 13.3. The number of likely N-dealkylation sites (tertiary alicyclic amines) is 1. The molecule has 1 aliphatic heterocycles. The summed E-state index contributed by atoms with van der Waals surface area (Å²) >= 11 is 0. The van der Waals surface area contributed by atoms with Crippen molar-refractivity contribution in [1.82, 2.24) is 4.90 Å². The Bertz CT molecular complexity index is 760. The molecule has 1 atom stereocenters. The summed E-state index contributed by atoms with van der Waals surface area (Å²) in [5.41, 5.74) is 3.12. The van der Waals surface area contributed by atoms with Crippen molar-refractivity contribution in [3.05, 3.63) is 65.7 Å². The van der Waals surface area contributed by atoms with E-state index in [0.29, 0.717) is 11.6 Å². The molecule has 1 fully saturated rings. The molecule has 3 rings (SSSR count). The van der Waals surface area contributed by atoms with Gasteiger partial charge in [-0.05, 0) is 36.1 Å². The highest BCUT2D eigenvalue weighted by molar-refractivity contribution is 7.92. The fourth-order valence-corrected chi connectivity index (χ4v) is 3.80. The standard InChI is InChI=1S/C18H22N2O2S/c1-23(21,22)19-18-10-6-5-9-17(18)16-11-12-20(14-16)13-15-7-3-2-4-8-15/h2-10,16,19H,11-14H2,1H3. The molecule has 1 N–H and O–H groups in total. The van der Waals surface area contributed by atoms with Gasteiger partial charge in [-0.1, -0.05) is 48.5 Å². The number of hydrogen-bond acceptors (Lipinski definition) is 3. The van der Waals surface area contributed by atoms with Gasteiger partial charge in [-0.15, -0.1) is 0 Å². The molecule has 1 unspecified atom stereocenters. The molecule has 5 heteroatoms. The SMILES string of the molecule is CS(=O)(=O)Nc1ccccc1C1CCN(Cc2ccccc2)C1. The molecule has 1 aliphatic rings. The first-order valence-corrected chi connectivity index (χ1v) is 9.73. The van der Waals surface area contributed by atoms with Gasteiger partial charge in [0.2, 0.25) is 10.0 Å². The fourth-order valence-electron chi connectivity index (χ4n) is 3.22. The van der Waals surface area contributed by atoms with E-state index in [-0.39, 0.29) is 0 Å². The second kappa shape index (κ2) is 6.72. The molecular weight excluding hydrogens is 308 g/mol. The average Bonchev–Trinajstić information content (AvgIpc) is 2.95. The summed E-state index contributed by atoms with van der Waals surface area (Å²) in [7, 11) is -3.25. The van der Waals surface area contributed by atoms with Crippen LogP contribution in [-0.4, -0.2) is 32.7 Å². The van der Waals surface area contributed by atoms with Crippen LogP contribution in [0.1, 0.15) is 23.5 Å². The number of sulfonamides is 1. The minimum absolute atomic E-state index is 0.365. The predicted molar refractivity (Wildman–Crippen MR) is 94.0 cm³/mol. The molecule has 0 aliphatic carbocycles. The molecule has 2 aromatic rings. The highest BCUT2D eigenvalue weighted by Gasteiger charge is 2.26. The smallest absolute Gasteiger partial charge is 0.229 e. The van der Waals surface area contributed by atoms with E-state index in [1.54, 1.807) is 0 Å². The van der Waals surface area contributed by atoms with E-state index in [4.69, 9.17) is 0 Å². The van der Waals surface area contributed by atoms with Crippen LogP contribution in [0.5, 0.6) is 0 Å². The Kier molecular flexibility index (Phi) is 4.68. The lowest BCUT2D eigenvalue weighted by Gasteiger charge is -2.18. The van der Waals surface area contributed by atoms with Gasteiger partial charge in [-0.2, -0.15) is 0 Å². The minimum Gasteiger partial charge on any atom is -0.298 e. The maximum atomic E-state index is 11.6. The topological polar surface area (TPSA) is 49.4 Å². The summed E-state index contributed by atoms with van der Waals surface area (Å²) in [6, 6.07) is 18.2. The predicted octanol–water partition coefficient (Wildman–Crippen LogP) is 3.05. The van der Waals surface area contributed by atoms with Gasteiger partial charge in [0, 0.05) is 13.1 Å². The number of benzene rings is 2. The number of para-hydroxylation sites is 1. The van der Waals surface area contributed by atoms with Crippen molar-refractivity contribution in [2.75, 3.05) is 24.1 Å². The van der Waals surface area contributed by atoms with Crippen LogP contribution in [0.3, 0.4) is 0 Å². The van der Waals surface area contributed by atoms with Crippen LogP contribution in [0.25, 0.3) is 0 Å². The Hall–Kier alpha value is -1.85. The van der Waals surface area contributed by atoms with Crippen molar-refractivity contribution in [3.63, 3.8) is 0 Å². The lowest BCUT2D eigenvalue weighted by Crippen LogP contribution is -2.20. The number of nitrogens with zero attached hydrogens (tertiary/aromatic N) is 1. The lowest BCUT2D eigenvalue weighted by atomic mass is 9.97. The molecule has 0 aromatic heterocycles. The van der Waals surface area contributed by atoms with E-state index in [2.05, 4.69) is 33.9 Å². The van der Waals surface area contributed by atoms with Crippen molar-refractivity contribution in [2.45, 2.75) is 18.9 Å². The van der Waals surface area contributed by atoms with Crippen LogP contribution in [0.4, 0.5) is 5.69 Å². The molecule has 0 bridgehead atoms. The summed E-state index contributed by atoms with van der Waals surface area (Å²) in [5, 5.41) is 0. The third-order valence-corrected chi connectivity index (χ3v) is 4.81. The number of anilines is 1. The van der Waals surface area contributed by atoms with E-state index >= 15 is 0 Å². The first-order valence-electron chi connectivity index (χ1n) is 7.84. The van der Waals surface area contributed by atoms with Crippen LogP contribution in [0, 0.1) is 0 Å². The van der Waals surface area contributed by atoms with Gasteiger partial charge in [0.25, 0.3) is 0 Å². The summed E-state index contributed by atoms with van der Waals surface area (Å²) in [4.78, 5) is 2.43. The molecule has 23 heavy (non-hydrogen) atoms. The van der Waals surface area contributed by atoms with E-state index in [0.717, 1.165) is 31.6 Å². The Morgan fingerprint density at radius 2 is 1.78 bits per heavy atom. The molecular formula is C18H22N2O2S. The largest absolute Gasteiger partial charge is 0.298 e. The van der Waals surface area contributed by atoms with Crippen molar-refractivity contribution in [1.29, 1.82) is 0 Å². The van der Waals surface area contributed by atoms with Crippen LogP contribution in [0.2, 0.25) is 0 Å². The van der Waals surface area contributed by atoms with Gasteiger partial charge >= 0.3 is 0 Å². The fraction of sp³-hybridized carbons (Fsp3) is 0.333. The van der Waals surface area contributed by atoms with E-state index < -0.39 is 10.0 Å². The van der Waals surface area contributed by atoms with Gasteiger partial charge in [-0.25, -0.2) is 8.42 Å². The Morgan fingerprint density at radius 3 is 2.52 bits per heavy atom. The third kappa shape index (κ3) is 4.33. The monoisotopic (exact) mass is 330 g/mol. The molecule has 1 heterocycles. The number of rotatable bonds is 5. The quantitative estimate of drug-likeness (QED) is 0.917. The van der Waals surface area contributed by atoms with E-state index in [1.807, 2.05) is 30.3 Å². The van der Waals surface area contributed by atoms with Gasteiger partial charge in [-0.3, -0.25) is 9.62 Å². The summed E-state index contributed by atoms with van der Waals surface area (Å²) in [5.74, 6) is 0.365. The Balaban J connectivity index is 1.72. The van der Waals surface area contributed by atoms with Gasteiger partial charge in [0.15, 0.2) is 0 Å². The number of nitrogens with one attached hydrogen (secondary N) is 1. The highest BCUT2D eigenvalue weighted by atomic mass is 32.2. The van der Waals surface area contributed by atoms with E-state index in [1.165, 1.54) is 11.8 Å². The van der Waals surface area contributed by atoms with Crippen LogP contribution in [-0.2, 0) is 16.6 Å². The molecule has 4 nitrogen and oxygen atoms in total. The molecule has 0 saturated carbocycles. The zero-order valence-corrected chi connectivity index (χ0v) is 14.1. The summed E-state index contributed by atoms with van der Waals surface area (Å²) in [6.07, 6.45) is 2.25. The molecule has 0 radical (unpaired) electrons. The summed E-state index contributed by atoms with van der Waals surface area (Å²) < 4.78 is 25.7. The molecule has 0 amide bonds. The molecule has 2 aromatic carbocycles. The minimum atomic E-state index is -3.25. The number of hydrogen-bond donors (Lipinski definition) is 1. The van der Waals surface area contributed by atoms with Crippen molar-refractivity contribution in [2.24, 2.45) is 0 Å². The average molecular weight is 330 g/mol. The van der Waals surface area contributed by atoms with Gasteiger partial charge < -0.3 is 0 Å². The lowest BCUT2D eigenvalue weighted by molar-refractivity contribution is 0.327. The van der Waals surface area contributed by atoms with E-state index in [9.17, 15) is 8.42 Å². The molecule has 0 spiro atoms. The van der Waals surface area contributed by atoms with Gasteiger partial charge in [0.05, 0.1) is 11.9 Å². The van der Waals surface area contributed by atoms with Crippen molar-refractivity contribution in [3.8, 4) is 0 Å². The first kappa shape index (κ1) is 16.0. The third-order valence-electron chi connectivity index (χ3n) is 4.22. The van der Waals surface area contributed by atoms with Crippen molar-refractivity contribution < 1.29 is 8.42 Å². The Morgan fingerprint density at radius 1 is 1.09 bits per heavy atom. The second-order valence-electron chi connectivity index (χ2n) is 6.17. The Labute approximate surface area is 138 Å². The maximum Gasteiger partial charge on any atom is 0.229 e. The second-order valence-corrected chi connectivity index (χ2v) is 7.92. The zero-order chi connectivity index (χ0) is 16.3. The van der Waals surface area contributed by atoms with Crippen LogP contribution < -0.4 is 4.72 Å². The maximum absolute atomic E-state index is 11.6. The summed E-state index contributed by atoms with van der Waals surface area (Å²) in [6.45, 7) is 2.93. The molecule has 1 saturated heterocycles. The van der Waals surface area contributed by atoms with Crippen LogP contribution in [0.15, 0.2) is 54.6 Å². The van der Waals surface area contributed by atoms with Gasteiger partial charge in [0.1, 0.15) is 0 Å².